The number of hydrogen-bond acceptors (Lipinski definition) is 4. The molecular weight excluding hydrogens is 280 g/mol. The Morgan fingerprint density at radius 2 is 1.86 bits per heavy atom. The Morgan fingerprint density at radius 1 is 1.14 bits per heavy atom. The van der Waals surface area contributed by atoms with Crippen LogP contribution in [0.2, 0.25) is 0 Å². The summed E-state index contributed by atoms with van der Waals surface area (Å²) in [6.07, 6.45) is 0.0907. The maximum atomic E-state index is 10.7. The second-order valence-corrected chi connectivity index (χ2v) is 5.43. The van der Waals surface area contributed by atoms with Gasteiger partial charge in [-0.05, 0) is 11.1 Å². The summed E-state index contributed by atoms with van der Waals surface area (Å²) in [5.41, 5.74) is 2.41. The molecule has 2 aromatic carbocycles. The number of non-ortho nitro benzene ring substituents is 1. The van der Waals surface area contributed by atoms with Crippen LogP contribution in [0.5, 0.6) is 0 Å². The summed E-state index contributed by atoms with van der Waals surface area (Å²) in [5, 5.41) is 10.7. The van der Waals surface area contributed by atoms with Crippen molar-refractivity contribution in [3.63, 3.8) is 0 Å². The smallest absolute Gasteiger partial charge is 0.269 e. The van der Waals surface area contributed by atoms with E-state index >= 15 is 0 Å². The number of morpholine rings is 1. The van der Waals surface area contributed by atoms with Gasteiger partial charge in [-0.25, -0.2) is 0 Å². The molecule has 0 aliphatic carbocycles. The Kier molecular flexibility index (Phi) is 4.46. The van der Waals surface area contributed by atoms with Crippen LogP contribution in [0.15, 0.2) is 54.6 Å². The lowest BCUT2D eigenvalue weighted by molar-refractivity contribution is -0.384. The third-order valence-corrected chi connectivity index (χ3v) is 3.88. The normalized spacial score (nSPS) is 19.0. The highest BCUT2D eigenvalue weighted by Crippen LogP contribution is 2.23. The van der Waals surface area contributed by atoms with Gasteiger partial charge >= 0.3 is 0 Å². The van der Waals surface area contributed by atoms with Crippen molar-refractivity contribution >= 4 is 5.69 Å². The van der Waals surface area contributed by atoms with E-state index in [9.17, 15) is 10.1 Å². The lowest BCUT2D eigenvalue weighted by Crippen LogP contribution is -2.37. The topological polar surface area (TPSA) is 55.6 Å². The van der Waals surface area contributed by atoms with E-state index in [0.717, 1.165) is 25.2 Å². The number of nitro benzene ring substituents is 1. The maximum Gasteiger partial charge on any atom is 0.269 e. The van der Waals surface area contributed by atoms with E-state index in [1.165, 1.54) is 5.56 Å². The summed E-state index contributed by atoms with van der Waals surface area (Å²) < 4.78 is 5.85. The van der Waals surface area contributed by atoms with Gasteiger partial charge in [0, 0.05) is 31.8 Å². The number of ether oxygens (including phenoxy) is 1. The van der Waals surface area contributed by atoms with Crippen molar-refractivity contribution in [3.8, 4) is 0 Å². The SMILES string of the molecule is O=[N+]([O-])c1ccc(CN2CCOC(c3ccccc3)C2)cc1. The second kappa shape index (κ2) is 6.68. The Hall–Kier alpha value is -2.24. The van der Waals surface area contributed by atoms with Crippen molar-refractivity contribution < 1.29 is 9.66 Å². The van der Waals surface area contributed by atoms with Crippen molar-refractivity contribution in [2.45, 2.75) is 12.6 Å². The average molecular weight is 298 g/mol. The van der Waals surface area contributed by atoms with Gasteiger partial charge in [0.15, 0.2) is 0 Å². The molecule has 1 aliphatic heterocycles. The summed E-state index contributed by atoms with van der Waals surface area (Å²) in [7, 11) is 0. The molecule has 0 amide bonds. The lowest BCUT2D eigenvalue weighted by Gasteiger charge is -2.33. The number of nitro groups is 1. The van der Waals surface area contributed by atoms with E-state index in [1.54, 1.807) is 12.1 Å². The highest BCUT2D eigenvalue weighted by molar-refractivity contribution is 5.32. The third-order valence-electron chi connectivity index (χ3n) is 3.88. The van der Waals surface area contributed by atoms with E-state index in [-0.39, 0.29) is 16.7 Å². The van der Waals surface area contributed by atoms with Crippen LogP contribution in [-0.4, -0.2) is 29.5 Å². The molecule has 1 heterocycles. The van der Waals surface area contributed by atoms with Gasteiger partial charge in [-0.1, -0.05) is 42.5 Å². The van der Waals surface area contributed by atoms with Crippen LogP contribution >= 0.6 is 0 Å². The van der Waals surface area contributed by atoms with Crippen molar-refractivity contribution in [1.82, 2.24) is 4.90 Å². The lowest BCUT2D eigenvalue weighted by atomic mass is 10.1. The molecule has 0 radical (unpaired) electrons. The minimum Gasteiger partial charge on any atom is -0.371 e. The highest BCUT2D eigenvalue weighted by Gasteiger charge is 2.21. The zero-order valence-electron chi connectivity index (χ0n) is 12.2. The molecule has 5 nitrogen and oxygen atoms in total. The maximum absolute atomic E-state index is 10.7. The van der Waals surface area contributed by atoms with E-state index in [2.05, 4.69) is 17.0 Å². The Balaban J connectivity index is 1.64. The van der Waals surface area contributed by atoms with Crippen molar-refractivity contribution in [3.05, 3.63) is 75.8 Å². The van der Waals surface area contributed by atoms with Gasteiger partial charge in [0.25, 0.3) is 5.69 Å². The minimum atomic E-state index is -0.371. The quantitative estimate of drug-likeness (QED) is 0.642. The third kappa shape index (κ3) is 3.50. The molecule has 1 fully saturated rings. The van der Waals surface area contributed by atoms with Crippen LogP contribution < -0.4 is 0 Å². The molecule has 1 saturated heterocycles. The van der Waals surface area contributed by atoms with Crippen LogP contribution in [0.4, 0.5) is 5.69 Å². The van der Waals surface area contributed by atoms with Crippen LogP contribution in [0.25, 0.3) is 0 Å². The monoisotopic (exact) mass is 298 g/mol. The van der Waals surface area contributed by atoms with Gasteiger partial charge in [-0.3, -0.25) is 15.0 Å². The largest absolute Gasteiger partial charge is 0.371 e. The van der Waals surface area contributed by atoms with Crippen molar-refractivity contribution in [2.75, 3.05) is 19.7 Å². The molecule has 0 bridgehead atoms. The van der Waals surface area contributed by atoms with E-state index in [4.69, 9.17) is 4.74 Å². The molecule has 0 saturated carbocycles. The van der Waals surface area contributed by atoms with Gasteiger partial charge in [0.05, 0.1) is 17.6 Å². The van der Waals surface area contributed by atoms with E-state index in [1.807, 2.05) is 30.3 Å². The van der Waals surface area contributed by atoms with Crippen molar-refractivity contribution in [2.24, 2.45) is 0 Å². The molecule has 0 N–H and O–H groups in total. The molecular formula is C17H18N2O3. The minimum absolute atomic E-state index is 0.0907. The first-order valence-corrected chi connectivity index (χ1v) is 7.34. The fourth-order valence-corrected chi connectivity index (χ4v) is 2.70. The zero-order valence-corrected chi connectivity index (χ0v) is 12.2. The van der Waals surface area contributed by atoms with E-state index in [0.29, 0.717) is 6.61 Å². The summed E-state index contributed by atoms with van der Waals surface area (Å²) in [6, 6.07) is 17.0. The molecule has 0 spiro atoms. The molecule has 1 atom stereocenters. The number of benzene rings is 2. The molecule has 0 aromatic heterocycles. The molecule has 3 rings (SSSR count). The fraction of sp³-hybridized carbons (Fsp3) is 0.294. The fourth-order valence-electron chi connectivity index (χ4n) is 2.70. The van der Waals surface area contributed by atoms with E-state index < -0.39 is 0 Å². The van der Waals surface area contributed by atoms with Gasteiger partial charge in [-0.2, -0.15) is 0 Å². The average Bonchev–Trinajstić information content (AvgIpc) is 2.56. The first kappa shape index (κ1) is 14.7. The van der Waals surface area contributed by atoms with Gasteiger partial charge in [-0.15, -0.1) is 0 Å². The first-order chi connectivity index (χ1) is 10.7. The predicted molar refractivity (Wildman–Crippen MR) is 83.5 cm³/mol. The number of nitrogens with zero attached hydrogens (tertiary/aromatic N) is 2. The summed E-state index contributed by atoms with van der Waals surface area (Å²) in [6.45, 7) is 3.19. The molecule has 1 aliphatic rings. The van der Waals surface area contributed by atoms with Crippen LogP contribution in [0.1, 0.15) is 17.2 Å². The molecule has 22 heavy (non-hydrogen) atoms. The van der Waals surface area contributed by atoms with Gasteiger partial charge in [0.1, 0.15) is 0 Å². The number of hydrogen-bond donors (Lipinski definition) is 0. The summed E-state index contributed by atoms with van der Waals surface area (Å²) in [5.74, 6) is 0. The first-order valence-electron chi connectivity index (χ1n) is 7.34. The standard InChI is InChI=1S/C17H18N2O3/c20-19(21)16-8-6-14(7-9-16)12-18-10-11-22-17(13-18)15-4-2-1-3-5-15/h1-9,17H,10-13H2. The number of rotatable bonds is 4. The molecule has 1 unspecified atom stereocenters. The van der Waals surface area contributed by atoms with Crippen LogP contribution in [0, 0.1) is 10.1 Å². The summed E-state index contributed by atoms with van der Waals surface area (Å²) >= 11 is 0. The Bertz CT molecular complexity index is 628. The van der Waals surface area contributed by atoms with Crippen molar-refractivity contribution in [1.29, 1.82) is 0 Å². The zero-order chi connectivity index (χ0) is 15.4. The molecule has 5 heteroatoms. The Morgan fingerprint density at radius 3 is 2.55 bits per heavy atom. The van der Waals surface area contributed by atoms with Gasteiger partial charge in [0.2, 0.25) is 0 Å². The predicted octanol–water partition coefficient (Wildman–Crippen LogP) is 3.17. The van der Waals surface area contributed by atoms with Crippen LogP contribution in [0.3, 0.4) is 0 Å². The molecule has 2 aromatic rings. The highest BCUT2D eigenvalue weighted by atomic mass is 16.6. The second-order valence-electron chi connectivity index (χ2n) is 5.43. The van der Waals surface area contributed by atoms with Gasteiger partial charge < -0.3 is 4.74 Å². The Labute approximate surface area is 129 Å². The molecule has 114 valence electrons. The van der Waals surface area contributed by atoms with Crippen LogP contribution in [-0.2, 0) is 11.3 Å². The summed E-state index contributed by atoms with van der Waals surface area (Å²) in [4.78, 5) is 12.6.